The topological polar surface area (TPSA) is 228 Å². The highest BCUT2D eigenvalue weighted by molar-refractivity contribution is 7.89. The Morgan fingerprint density at radius 1 is 0.936 bits per heavy atom. The Morgan fingerprint density at radius 2 is 1.57 bits per heavy atom. The molecule has 1 aliphatic heterocycles. The minimum Gasteiger partial charge on any atom is -0.481 e. The van der Waals surface area contributed by atoms with E-state index in [9.17, 15) is 22.8 Å². The van der Waals surface area contributed by atoms with E-state index in [0.717, 1.165) is 6.42 Å². The molecule has 47 heavy (non-hydrogen) atoms. The maximum absolute atomic E-state index is 12.3. The number of carbonyl (C=O) groups is 3. The van der Waals surface area contributed by atoms with Crippen molar-refractivity contribution in [1.29, 1.82) is 0 Å². The van der Waals surface area contributed by atoms with Gasteiger partial charge in [-0.15, -0.1) is 0 Å². The predicted molar refractivity (Wildman–Crippen MR) is 167 cm³/mol. The number of aromatic nitrogens is 3. The van der Waals surface area contributed by atoms with Gasteiger partial charge in [-0.05, 0) is 23.8 Å². The van der Waals surface area contributed by atoms with Gasteiger partial charge in [-0.1, -0.05) is 18.2 Å². The number of benzene rings is 1. The third-order valence-electron chi connectivity index (χ3n) is 6.73. The number of urea groups is 2. The number of methoxy groups -OCH3 is 5. The van der Waals surface area contributed by atoms with Crippen LogP contribution in [-0.2, 0) is 30.0 Å². The summed E-state index contributed by atoms with van der Waals surface area (Å²) in [4.78, 5) is 42.7. The largest absolute Gasteiger partial charge is 0.481 e. The lowest BCUT2D eigenvalue weighted by Crippen LogP contribution is -2.58. The summed E-state index contributed by atoms with van der Waals surface area (Å²) in [7, 11) is 3.04. The molecule has 0 bridgehead atoms. The van der Waals surface area contributed by atoms with E-state index in [0.29, 0.717) is 6.42 Å². The van der Waals surface area contributed by atoms with Crippen molar-refractivity contribution in [3.05, 3.63) is 66.0 Å². The van der Waals surface area contributed by atoms with Gasteiger partial charge in [-0.2, -0.15) is 15.0 Å². The summed E-state index contributed by atoms with van der Waals surface area (Å²) in [5, 5.41) is 3.91. The van der Waals surface area contributed by atoms with Crippen molar-refractivity contribution in [2.24, 2.45) is 5.73 Å². The summed E-state index contributed by atoms with van der Waals surface area (Å²) in [5.41, 5.74) is 8.13. The van der Waals surface area contributed by atoms with Crippen molar-refractivity contribution in [3.63, 3.8) is 0 Å². The molecule has 3 unspecified atom stereocenters. The second-order valence-electron chi connectivity index (χ2n) is 9.75. The van der Waals surface area contributed by atoms with Crippen LogP contribution in [0.25, 0.3) is 0 Å². The first-order valence-electron chi connectivity index (χ1n) is 13.9. The highest BCUT2D eigenvalue weighted by Gasteiger charge is 2.37. The van der Waals surface area contributed by atoms with Crippen LogP contribution in [0.2, 0.25) is 0 Å². The van der Waals surface area contributed by atoms with Gasteiger partial charge in [0.25, 0.3) is 0 Å². The Kier molecular flexibility index (Phi) is 13.3. The van der Waals surface area contributed by atoms with Crippen LogP contribution in [0, 0.1) is 0 Å². The smallest absolute Gasteiger partial charge is 0.338 e. The molecule has 3 atom stereocenters. The Morgan fingerprint density at radius 3 is 2.13 bits per heavy atom. The molecule has 19 heteroatoms. The van der Waals surface area contributed by atoms with Crippen LogP contribution in [0.3, 0.4) is 0 Å². The number of ether oxygens (including phenoxy) is 5. The summed E-state index contributed by atoms with van der Waals surface area (Å²) in [6.07, 6.45) is 4.99. The summed E-state index contributed by atoms with van der Waals surface area (Å²) in [6, 6.07) is 9.54. The van der Waals surface area contributed by atoms with Gasteiger partial charge in [0, 0.05) is 39.5 Å². The van der Waals surface area contributed by atoms with E-state index in [1.807, 2.05) is 33.8 Å². The number of piperidine rings is 1. The van der Waals surface area contributed by atoms with E-state index in [1.165, 1.54) is 39.5 Å². The Hall–Kier alpha value is -4.98. The van der Waals surface area contributed by atoms with Crippen molar-refractivity contribution in [2.75, 3.05) is 40.9 Å². The molecule has 0 saturated carbocycles. The number of anilines is 1. The number of hydrogen-bond donors (Lipinski definition) is 4. The molecular formula is C28H38N8O10S. The quantitative estimate of drug-likeness (QED) is 0.212. The van der Waals surface area contributed by atoms with Crippen LogP contribution >= 0.6 is 0 Å². The summed E-state index contributed by atoms with van der Waals surface area (Å²) >= 11 is 0. The molecule has 1 fully saturated rings. The molecule has 1 aliphatic rings. The molecule has 3 heterocycles. The Bertz CT molecular complexity index is 1580. The van der Waals surface area contributed by atoms with Crippen LogP contribution in [-0.4, -0.2) is 93.9 Å². The first kappa shape index (κ1) is 36.5. The van der Waals surface area contributed by atoms with Gasteiger partial charge < -0.3 is 34.0 Å². The van der Waals surface area contributed by atoms with Gasteiger partial charge >= 0.3 is 18.0 Å². The highest BCUT2D eigenvalue weighted by atomic mass is 32.2. The molecule has 18 nitrogen and oxygen atoms in total. The number of sulfonamides is 1. The van der Waals surface area contributed by atoms with Crippen molar-refractivity contribution >= 4 is 34.0 Å². The van der Waals surface area contributed by atoms with Crippen molar-refractivity contribution in [2.45, 2.75) is 37.1 Å². The fourth-order valence-corrected chi connectivity index (χ4v) is 5.66. The lowest BCUT2D eigenvalue weighted by atomic mass is 10.0. The Balaban J connectivity index is 0.000000274. The van der Waals surface area contributed by atoms with E-state index in [-0.39, 0.29) is 47.3 Å². The fraction of sp³-hybridized carbons (Fsp3) is 0.393. The van der Waals surface area contributed by atoms with Crippen LogP contribution in [0.5, 0.6) is 11.8 Å². The van der Waals surface area contributed by atoms with Gasteiger partial charge in [0.15, 0.2) is 0 Å². The number of primary amides is 1. The molecule has 1 saturated heterocycles. The summed E-state index contributed by atoms with van der Waals surface area (Å²) in [5.74, 6) is -1.31. The maximum Gasteiger partial charge on any atom is 0.338 e. The van der Waals surface area contributed by atoms with Crippen LogP contribution in [0.4, 0.5) is 15.5 Å². The molecule has 256 valence electrons. The molecule has 5 N–H and O–H groups in total. The minimum absolute atomic E-state index is 0.0725. The maximum atomic E-state index is 12.3. The normalized spacial score (nSPS) is 17.8. The van der Waals surface area contributed by atoms with E-state index in [4.69, 9.17) is 24.7 Å². The third kappa shape index (κ3) is 10.5. The standard InChI is InChI=1S/C16H18N4O7S.C12H20N4O3/c1-25-12-8-13(26-2)18-15(17-12)19-16(22)20-28(23,24)9-10-6-4-5-7-11(10)14(21)27-3;1-18-9-7-10(15-5-3-4-6-15)16(14-12(13)17)11(8-9)19-2/h4-8H,9H2,1-3H3,(H2,17,18,19,20,22);3-6,9-11H,7-8H2,1-2H3,(H3,13,14,17). The monoisotopic (exact) mass is 678 g/mol. The fourth-order valence-electron chi connectivity index (χ4n) is 4.60. The molecule has 0 spiro atoms. The first-order chi connectivity index (χ1) is 22.4. The highest BCUT2D eigenvalue weighted by Crippen LogP contribution is 2.31. The number of hydrazine groups is 1. The van der Waals surface area contributed by atoms with Crippen molar-refractivity contribution in [3.8, 4) is 11.8 Å². The second kappa shape index (κ2) is 17.1. The Labute approximate surface area is 271 Å². The van der Waals surface area contributed by atoms with Crippen LogP contribution in [0.15, 0.2) is 54.9 Å². The molecular weight excluding hydrogens is 640 g/mol. The predicted octanol–water partition coefficient (Wildman–Crippen LogP) is 1.59. The summed E-state index contributed by atoms with van der Waals surface area (Å²) in [6.45, 7) is 0. The van der Waals surface area contributed by atoms with Crippen LogP contribution in [0.1, 0.15) is 34.9 Å². The molecule has 0 aliphatic carbocycles. The van der Waals surface area contributed by atoms with E-state index in [2.05, 4.69) is 25.4 Å². The molecule has 1 aromatic carbocycles. The number of amides is 4. The molecule has 3 aromatic rings. The van der Waals surface area contributed by atoms with E-state index >= 15 is 0 Å². The van der Waals surface area contributed by atoms with Gasteiger partial charge in [0.2, 0.25) is 27.7 Å². The van der Waals surface area contributed by atoms with E-state index < -0.39 is 33.8 Å². The van der Waals surface area contributed by atoms with E-state index in [1.54, 1.807) is 31.4 Å². The number of nitrogens with one attached hydrogen (secondary N) is 3. The zero-order chi connectivity index (χ0) is 34.6. The average molecular weight is 679 g/mol. The molecule has 2 aromatic heterocycles. The lowest BCUT2D eigenvalue weighted by molar-refractivity contribution is -0.157. The molecule has 0 radical (unpaired) electrons. The van der Waals surface area contributed by atoms with Gasteiger partial charge in [0.1, 0.15) is 12.4 Å². The first-order valence-corrected chi connectivity index (χ1v) is 15.6. The van der Waals surface area contributed by atoms with Gasteiger partial charge in [-0.3, -0.25) is 10.7 Å². The number of nitrogens with zero attached hydrogens (tertiary/aromatic N) is 4. The zero-order valence-electron chi connectivity index (χ0n) is 26.4. The summed E-state index contributed by atoms with van der Waals surface area (Å²) < 4.78 is 53.8. The van der Waals surface area contributed by atoms with Crippen molar-refractivity contribution in [1.82, 2.24) is 29.7 Å². The second-order valence-corrected chi connectivity index (χ2v) is 11.5. The number of carbonyl (C=O) groups excluding carboxylic acids is 3. The third-order valence-corrected chi connectivity index (χ3v) is 7.91. The van der Waals surface area contributed by atoms with Gasteiger partial charge in [0.05, 0.1) is 44.8 Å². The zero-order valence-corrected chi connectivity index (χ0v) is 27.2. The average Bonchev–Trinajstić information content (AvgIpc) is 3.59. The number of rotatable bonds is 11. The van der Waals surface area contributed by atoms with Gasteiger partial charge in [-0.25, -0.2) is 27.5 Å². The number of hydrogen-bond acceptors (Lipinski definition) is 13. The number of nitrogens with two attached hydrogens (primary N) is 1. The SMILES string of the molecule is COC(=O)c1ccccc1CS(=O)(=O)NC(=O)Nc1nc(OC)cc(OC)n1.COC1CC(OC)N(NC(N)=O)C(n2cccc2)C1. The minimum atomic E-state index is -4.14. The number of esters is 1. The lowest BCUT2D eigenvalue weighted by Gasteiger charge is -2.43. The van der Waals surface area contributed by atoms with Crippen molar-refractivity contribution < 1.29 is 46.5 Å². The molecule has 4 rings (SSSR count). The van der Waals surface area contributed by atoms with Crippen LogP contribution < -0.4 is 30.7 Å². The molecule has 4 amide bonds.